The van der Waals surface area contributed by atoms with Crippen LogP contribution in [-0.2, 0) is 6.54 Å². The van der Waals surface area contributed by atoms with E-state index in [1.807, 2.05) is 11.8 Å². The summed E-state index contributed by atoms with van der Waals surface area (Å²) in [4.78, 5) is 5.12. The maximum Gasteiger partial charge on any atom is 0.0364 e. The van der Waals surface area contributed by atoms with Crippen LogP contribution in [0.5, 0.6) is 0 Å². The van der Waals surface area contributed by atoms with E-state index in [1.165, 1.54) is 15.4 Å². The van der Waals surface area contributed by atoms with Crippen molar-refractivity contribution in [1.29, 1.82) is 0 Å². The quantitative estimate of drug-likeness (QED) is 0.875. The maximum atomic E-state index is 3.60. The molecule has 3 nitrogen and oxygen atoms in total. The van der Waals surface area contributed by atoms with Crippen molar-refractivity contribution in [3.63, 3.8) is 0 Å². The summed E-state index contributed by atoms with van der Waals surface area (Å²) in [6, 6.07) is 19.3. The first kappa shape index (κ1) is 16.5. The number of benzene rings is 2. The summed E-state index contributed by atoms with van der Waals surface area (Å²) in [6.45, 7) is 8.80. The Morgan fingerprint density at radius 1 is 0.913 bits per heavy atom. The Hall–Kier alpha value is -1.33. The smallest absolute Gasteiger partial charge is 0.0364 e. The van der Waals surface area contributed by atoms with E-state index in [1.54, 1.807) is 0 Å². The number of hydrogen-bond donors (Lipinski definition) is 1. The van der Waals surface area contributed by atoms with Gasteiger partial charge in [0.25, 0.3) is 0 Å². The number of rotatable bonds is 6. The van der Waals surface area contributed by atoms with Gasteiger partial charge in [-0.3, -0.25) is 5.43 Å². The molecule has 0 radical (unpaired) electrons. The van der Waals surface area contributed by atoms with Gasteiger partial charge in [0.2, 0.25) is 0 Å². The molecule has 0 unspecified atom stereocenters. The molecule has 4 heteroatoms. The molecular weight excluding hydrogens is 302 g/mol. The molecule has 1 heterocycles. The molecule has 122 valence electrons. The van der Waals surface area contributed by atoms with Gasteiger partial charge in [-0.2, -0.15) is 0 Å². The lowest BCUT2D eigenvalue weighted by Gasteiger charge is -2.34. The number of likely N-dealkylation sites (N-methyl/N-ethyl adjacent to an activating group) is 1. The van der Waals surface area contributed by atoms with E-state index in [0.29, 0.717) is 0 Å². The molecule has 1 aliphatic heterocycles. The molecule has 1 aliphatic rings. The molecular formula is C19H25N3S. The summed E-state index contributed by atoms with van der Waals surface area (Å²) >= 11 is 1.84. The van der Waals surface area contributed by atoms with Crippen LogP contribution in [0.3, 0.4) is 0 Å². The standard InChI is InChI=1S/C19H25N3S/c1-2-21-12-14-22(15-13-21)20-16-17-8-6-7-11-19(17)23-18-9-4-3-5-10-18/h3-11,20H,2,12-16H2,1H3. The van der Waals surface area contributed by atoms with Crippen molar-refractivity contribution in [1.82, 2.24) is 15.3 Å². The van der Waals surface area contributed by atoms with E-state index >= 15 is 0 Å². The number of hydrazine groups is 1. The normalized spacial score (nSPS) is 16.6. The molecule has 0 saturated carbocycles. The lowest BCUT2D eigenvalue weighted by Crippen LogP contribution is -2.51. The number of piperazine rings is 1. The summed E-state index contributed by atoms with van der Waals surface area (Å²) in [6.07, 6.45) is 0. The minimum atomic E-state index is 0.891. The molecule has 0 atom stereocenters. The molecule has 1 fully saturated rings. The van der Waals surface area contributed by atoms with Crippen LogP contribution >= 0.6 is 11.8 Å². The highest BCUT2D eigenvalue weighted by atomic mass is 32.2. The largest absolute Gasteiger partial charge is 0.301 e. The average Bonchev–Trinajstić information content (AvgIpc) is 2.62. The molecule has 0 amide bonds. The zero-order valence-corrected chi connectivity index (χ0v) is 14.6. The first-order chi connectivity index (χ1) is 11.3. The van der Waals surface area contributed by atoms with Crippen LogP contribution < -0.4 is 5.43 Å². The molecule has 1 N–H and O–H groups in total. The SMILES string of the molecule is CCN1CCN(NCc2ccccc2Sc2ccccc2)CC1. The fraction of sp³-hybridized carbons (Fsp3) is 0.368. The second kappa shape index (κ2) is 8.50. The Morgan fingerprint density at radius 2 is 1.61 bits per heavy atom. The highest BCUT2D eigenvalue weighted by Crippen LogP contribution is 2.30. The summed E-state index contributed by atoms with van der Waals surface area (Å²) in [5, 5.41) is 2.36. The van der Waals surface area contributed by atoms with Gasteiger partial charge in [0.15, 0.2) is 0 Å². The Bertz CT molecular complexity index is 595. The van der Waals surface area contributed by atoms with Gasteiger partial charge in [-0.1, -0.05) is 55.1 Å². The van der Waals surface area contributed by atoms with Crippen molar-refractivity contribution in [3.8, 4) is 0 Å². The average molecular weight is 327 g/mol. The highest BCUT2D eigenvalue weighted by Gasteiger charge is 2.15. The molecule has 2 aromatic carbocycles. The first-order valence-corrected chi connectivity index (χ1v) is 9.18. The number of nitrogens with one attached hydrogen (secondary N) is 1. The van der Waals surface area contributed by atoms with E-state index in [4.69, 9.17) is 0 Å². The summed E-state index contributed by atoms with van der Waals surface area (Å²) < 4.78 is 0. The minimum Gasteiger partial charge on any atom is -0.301 e. The zero-order chi connectivity index (χ0) is 15.9. The van der Waals surface area contributed by atoms with Gasteiger partial charge in [0.05, 0.1) is 0 Å². The topological polar surface area (TPSA) is 18.5 Å². The summed E-state index contributed by atoms with van der Waals surface area (Å²) in [5.74, 6) is 0. The van der Waals surface area contributed by atoms with Crippen molar-refractivity contribution in [3.05, 3.63) is 60.2 Å². The first-order valence-electron chi connectivity index (χ1n) is 8.37. The molecule has 3 rings (SSSR count). The van der Waals surface area contributed by atoms with Crippen LogP contribution in [0.15, 0.2) is 64.4 Å². The van der Waals surface area contributed by atoms with Gasteiger partial charge in [0, 0.05) is 42.5 Å². The third-order valence-electron chi connectivity index (χ3n) is 4.26. The van der Waals surface area contributed by atoms with Gasteiger partial charge in [-0.15, -0.1) is 0 Å². The van der Waals surface area contributed by atoms with Crippen molar-refractivity contribution in [2.75, 3.05) is 32.7 Å². The third-order valence-corrected chi connectivity index (χ3v) is 5.38. The molecule has 0 bridgehead atoms. The van der Waals surface area contributed by atoms with Gasteiger partial charge in [0.1, 0.15) is 0 Å². The van der Waals surface area contributed by atoms with Gasteiger partial charge in [-0.05, 0) is 30.3 Å². The maximum absolute atomic E-state index is 3.60. The second-order valence-corrected chi connectivity index (χ2v) is 6.89. The van der Waals surface area contributed by atoms with Crippen molar-refractivity contribution in [2.45, 2.75) is 23.3 Å². The van der Waals surface area contributed by atoms with Crippen LogP contribution in [0.4, 0.5) is 0 Å². The van der Waals surface area contributed by atoms with E-state index in [0.717, 1.165) is 39.3 Å². The molecule has 0 aliphatic carbocycles. The Labute approximate surface area is 143 Å². The molecule has 2 aromatic rings. The van der Waals surface area contributed by atoms with Crippen molar-refractivity contribution < 1.29 is 0 Å². The van der Waals surface area contributed by atoms with Crippen LogP contribution in [0, 0.1) is 0 Å². The number of hydrogen-bond acceptors (Lipinski definition) is 4. The second-order valence-electron chi connectivity index (χ2n) is 5.78. The predicted molar refractivity (Wildman–Crippen MR) is 97.5 cm³/mol. The van der Waals surface area contributed by atoms with Gasteiger partial charge in [-0.25, -0.2) is 5.01 Å². The highest BCUT2D eigenvalue weighted by molar-refractivity contribution is 7.99. The third kappa shape index (κ3) is 4.82. The van der Waals surface area contributed by atoms with Crippen LogP contribution in [-0.4, -0.2) is 42.6 Å². The molecule has 23 heavy (non-hydrogen) atoms. The van der Waals surface area contributed by atoms with Crippen LogP contribution in [0.1, 0.15) is 12.5 Å². The van der Waals surface area contributed by atoms with E-state index in [9.17, 15) is 0 Å². The zero-order valence-electron chi connectivity index (χ0n) is 13.7. The van der Waals surface area contributed by atoms with Crippen LogP contribution in [0.25, 0.3) is 0 Å². The Balaban J connectivity index is 1.58. The van der Waals surface area contributed by atoms with Crippen molar-refractivity contribution >= 4 is 11.8 Å². The fourth-order valence-electron chi connectivity index (χ4n) is 2.78. The molecule has 0 aromatic heterocycles. The van der Waals surface area contributed by atoms with Crippen molar-refractivity contribution in [2.24, 2.45) is 0 Å². The lowest BCUT2D eigenvalue weighted by molar-refractivity contribution is 0.0904. The van der Waals surface area contributed by atoms with E-state index in [-0.39, 0.29) is 0 Å². The summed E-state index contributed by atoms with van der Waals surface area (Å²) in [7, 11) is 0. The van der Waals surface area contributed by atoms with E-state index < -0.39 is 0 Å². The lowest BCUT2D eigenvalue weighted by atomic mass is 10.2. The number of nitrogens with zero attached hydrogens (tertiary/aromatic N) is 2. The fourth-order valence-corrected chi connectivity index (χ4v) is 3.75. The Morgan fingerprint density at radius 3 is 2.35 bits per heavy atom. The molecule has 0 spiro atoms. The summed E-state index contributed by atoms with van der Waals surface area (Å²) in [5.41, 5.74) is 4.96. The predicted octanol–water partition coefficient (Wildman–Crippen LogP) is 3.48. The van der Waals surface area contributed by atoms with Gasteiger partial charge >= 0.3 is 0 Å². The van der Waals surface area contributed by atoms with Gasteiger partial charge < -0.3 is 4.90 Å². The monoisotopic (exact) mass is 327 g/mol. The Kier molecular flexibility index (Phi) is 6.11. The van der Waals surface area contributed by atoms with Crippen LogP contribution in [0.2, 0.25) is 0 Å². The van der Waals surface area contributed by atoms with E-state index in [2.05, 4.69) is 76.9 Å². The minimum absolute atomic E-state index is 0.891. The molecule has 1 saturated heterocycles.